The number of nitrogens with one attached hydrogen (secondary N) is 1. The van der Waals surface area contributed by atoms with E-state index in [0.29, 0.717) is 12.0 Å². The highest BCUT2D eigenvalue weighted by molar-refractivity contribution is 6.42. The summed E-state index contributed by atoms with van der Waals surface area (Å²) in [6.07, 6.45) is 0.673. The number of piperidine rings is 1. The molecule has 0 spiro atoms. The van der Waals surface area contributed by atoms with Crippen molar-refractivity contribution in [3.8, 4) is 0 Å². The third-order valence-corrected chi connectivity index (χ3v) is 7.20. The highest BCUT2D eigenvalue weighted by Crippen LogP contribution is 2.57. The molecule has 7 nitrogen and oxygen atoms in total. The lowest BCUT2D eigenvalue weighted by Gasteiger charge is -2.55. The van der Waals surface area contributed by atoms with Gasteiger partial charge in [0.25, 0.3) is 0 Å². The number of aliphatic carboxylic acids is 2. The van der Waals surface area contributed by atoms with Gasteiger partial charge >= 0.3 is 17.9 Å². The number of ether oxygens (including phenoxy) is 1. The molecule has 2 rings (SSSR count). The molecular formula is C21H27Cl2NO6. The van der Waals surface area contributed by atoms with Gasteiger partial charge in [0, 0.05) is 24.4 Å². The molecule has 166 valence electrons. The van der Waals surface area contributed by atoms with Crippen molar-refractivity contribution in [1.29, 1.82) is 0 Å². The lowest BCUT2D eigenvalue weighted by atomic mass is 9.52. The van der Waals surface area contributed by atoms with Crippen LogP contribution in [0.5, 0.6) is 0 Å². The number of benzene rings is 1. The van der Waals surface area contributed by atoms with Crippen LogP contribution in [0.15, 0.2) is 18.2 Å². The number of carbonyl (C=O) groups excluding carboxylic acids is 1. The Morgan fingerprint density at radius 2 is 1.77 bits per heavy atom. The summed E-state index contributed by atoms with van der Waals surface area (Å²) in [4.78, 5) is 37.3. The lowest BCUT2D eigenvalue weighted by molar-refractivity contribution is -0.179. The Labute approximate surface area is 185 Å². The molecule has 5 atom stereocenters. The van der Waals surface area contributed by atoms with Gasteiger partial charge in [0.15, 0.2) is 0 Å². The van der Waals surface area contributed by atoms with Gasteiger partial charge in [-0.25, -0.2) is 0 Å². The fraction of sp³-hybridized carbons (Fsp3) is 0.571. The SMILES string of the molecule is CCCC(=O)OCC1(C(=O)O)C(C)NC(C)C(C)(C(=O)O)C1c1cccc(Cl)c1Cl. The molecule has 0 radical (unpaired) electrons. The first-order valence-corrected chi connectivity index (χ1v) is 10.5. The number of esters is 1. The third kappa shape index (κ3) is 3.90. The summed E-state index contributed by atoms with van der Waals surface area (Å²) in [5.74, 6) is -4.16. The van der Waals surface area contributed by atoms with Crippen LogP contribution in [0.3, 0.4) is 0 Å². The Kier molecular flexibility index (Phi) is 7.43. The van der Waals surface area contributed by atoms with Gasteiger partial charge < -0.3 is 20.3 Å². The number of carboxylic acid groups (broad SMARTS) is 2. The van der Waals surface area contributed by atoms with Crippen LogP contribution >= 0.6 is 23.2 Å². The van der Waals surface area contributed by atoms with Gasteiger partial charge in [-0.3, -0.25) is 14.4 Å². The van der Waals surface area contributed by atoms with Gasteiger partial charge in [-0.2, -0.15) is 0 Å². The van der Waals surface area contributed by atoms with Crippen LogP contribution in [0.25, 0.3) is 0 Å². The number of hydrogen-bond donors (Lipinski definition) is 3. The normalized spacial score (nSPS) is 31.2. The van der Waals surface area contributed by atoms with E-state index >= 15 is 0 Å². The molecule has 3 N–H and O–H groups in total. The lowest BCUT2D eigenvalue weighted by Crippen LogP contribution is -2.70. The van der Waals surface area contributed by atoms with Crippen molar-refractivity contribution in [2.45, 2.75) is 58.5 Å². The zero-order chi connectivity index (χ0) is 22.9. The van der Waals surface area contributed by atoms with E-state index in [1.807, 2.05) is 0 Å². The van der Waals surface area contributed by atoms with E-state index in [2.05, 4.69) is 5.32 Å². The number of hydrogen-bond acceptors (Lipinski definition) is 5. The summed E-state index contributed by atoms with van der Waals surface area (Å²) < 4.78 is 5.36. The van der Waals surface area contributed by atoms with Crippen molar-refractivity contribution in [3.05, 3.63) is 33.8 Å². The zero-order valence-electron chi connectivity index (χ0n) is 17.4. The van der Waals surface area contributed by atoms with Crippen molar-refractivity contribution < 1.29 is 29.3 Å². The summed E-state index contributed by atoms with van der Waals surface area (Å²) in [6.45, 7) is 6.11. The molecule has 30 heavy (non-hydrogen) atoms. The molecule has 1 saturated heterocycles. The second-order valence-electron chi connectivity index (χ2n) is 8.03. The molecule has 1 heterocycles. The first-order valence-electron chi connectivity index (χ1n) is 9.76. The number of halogens is 2. The smallest absolute Gasteiger partial charge is 0.315 e. The van der Waals surface area contributed by atoms with E-state index in [1.54, 1.807) is 39.0 Å². The molecule has 1 aliphatic rings. The molecular weight excluding hydrogens is 433 g/mol. The predicted molar refractivity (Wildman–Crippen MR) is 113 cm³/mol. The topological polar surface area (TPSA) is 113 Å². The van der Waals surface area contributed by atoms with Crippen molar-refractivity contribution in [2.24, 2.45) is 10.8 Å². The Morgan fingerprint density at radius 3 is 2.30 bits per heavy atom. The predicted octanol–water partition coefficient (Wildman–Crippen LogP) is 3.96. The minimum Gasteiger partial charge on any atom is -0.481 e. The van der Waals surface area contributed by atoms with Crippen LogP contribution in [-0.2, 0) is 19.1 Å². The second-order valence-corrected chi connectivity index (χ2v) is 8.82. The Bertz CT molecular complexity index is 847. The summed E-state index contributed by atoms with van der Waals surface area (Å²) in [6, 6.07) is 3.38. The van der Waals surface area contributed by atoms with Gasteiger partial charge in [0.2, 0.25) is 0 Å². The number of carboxylic acids is 2. The minimum atomic E-state index is -1.79. The maximum absolute atomic E-state index is 12.8. The van der Waals surface area contributed by atoms with E-state index in [9.17, 15) is 24.6 Å². The molecule has 9 heteroatoms. The molecule has 1 aromatic carbocycles. The molecule has 0 amide bonds. The van der Waals surface area contributed by atoms with Crippen LogP contribution in [0.1, 0.15) is 52.0 Å². The molecule has 0 saturated carbocycles. The average molecular weight is 460 g/mol. The Morgan fingerprint density at radius 1 is 1.13 bits per heavy atom. The Balaban J connectivity index is 2.79. The molecule has 0 bridgehead atoms. The third-order valence-electron chi connectivity index (χ3n) is 6.36. The molecule has 0 aromatic heterocycles. The van der Waals surface area contributed by atoms with Crippen LogP contribution in [-0.4, -0.2) is 46.8 Å². The summed E-state index contributed by atoms with van der Waals surface area (Å²) in [5, 5.41) is 24.0. The van der Waals surface area contributed by atoms with E-state index in [0.717, 1.165) is 0 Å². The molecule has 1 aliphatic heterocycles. The van der Waals surface area contributed by atoms with Crippen molar-refractivity contribution in [3.63, 3.8) is 0 Å². The second kappa shape index (κ2) is 9.12. The van der Waals surface area contributed by atoms with Gasteiger partial charge in [-0.05, 0) is 38.8 Å². The van der Waals surface area contributed by atoms with Crippen LogP contribution in [0.4, 0.5) is 0 Å². The summed E-state index contributed by atoms with van der Waals surface area (Å²) in [7, 11) is 0. The fourth-order valence-corrected chi connectivity index (χ4v) is 4.86. The summed E-state index contributed by atoms with van der Waals surface area (Å²) >= 11 is 12.6. The average Bonchev–Trinajstić information content (AvgIpc) is 2.66. The zero-order valence-corrected chi connectivity index (χ0v) is 18.9. The quantitative estimate of drug-likeness (QED) is 0.528. The Hall–Kier alpha value is -1.83. The summed E-state index contributed by atoms with van der Waals surface area (Å²) in [5.41, 5.74) is -3.09. The monoisotopic (exact) mass is 459 g/mol. The molecule has 1 aromatic rings. The van der Waals surface area contributed by atoms with Crippen molar-refractivity contribution >= 4 is 41.1 Å². The number of rotatable bonds is 7. The van der Waals surface area contributed by atoms with Gasteiger partial charge in [0.1, 0.15) is 12.0 Å². The fourth-order valence-electron chi connectivity index (χ4n) is 4.44. The van der Waals surface area contributed by atoms with Crippen molar-refractivity contribution in [1.82, 2.24) is 5.32 Å². The first-order chi connectivity index (χ1) is 13.9. The molecule has 0 aliphatic carbocycles. The highest BCUT2D eigenvalue weighted by atomic mass is 35.5. The number of carbonyl (C=O) groups is 3. The first kappa shape index (κ1) is 24.4. The van der Waals surface area contributed by atoms with Crippen LogP contribution < -0.4 is 5.32 Å². The molecule has 1 fully saturated rings. The highest BCUT2D eigenvalue weighted by Gasteiger charge is 2.66. The van der Waals surface area contributed by atoms with E-state index in [-0.39, 0.29) is 16.5 Å². The van der Waals surface area contributed by atoms with Crippen LogP contribution in [0, 0.1) is 10.8 Å². The van der Waals surface area contributed by atoms with Crippen molar-refractivity contribution in [2.75, 3.05) is 6.61 Å². The van der Waals surface area contributed by atoms with Crippen LogP contribution in [0.2, 0.25) is 10.0 Å². The van der Waals surface area contributed by atoms with E-state index in [1.165, 1.54) is 6.92 Å². The van der Waals surface area contributed by atoms with Gasteiger partial charge in [-0.15, -0.1) is 0 Å². The maximum atomic E-state index is 12.8. The standard InChI is InChI=1S/C21H27Cl2NO6/c1-5-7-15(25)30-10-21(19(28)29)12(3)24-11(2)20(4,18(26)27)17(21)13-8-6-9-14(22)16(13)23/h6,8-9,11-12,17,24H,5,7,10H2,1-4H3,(H,26,27)(H,28,29). The van der Waals surface area contributed by atoms with E-state index < -0.39 is 53.3 Å². The minimum absolute atomic E-state index is 0.0865. The van der Waals surface area contributed by atoms with Gasteiger partial charge in [0.05, 0.1) is 15.5 Å². The van der Waals surface area contributed by atoms with E-state index in [4.69, 9.17) is 27.9 Å². The maximum Gasteiger partial charge on any atom is 0.315 e. The molecule has 5 unspecified atom stereocenters. The largest absolute Gasteiger partial charge is 0.481 e. The van der Waals surface area contributed by atoms with Gasteiger partial charge in [-0.1, -0.05) is 42.3 Å².